The number of benzene rings is 1. The van der Waals surface area contributed by atoms with Gasteiger partial charge < -0.3 is 10.2 Å². The number of nitrogens with one attached hydrogen (secondary N) is 1. The lowest BCUT2D eigenvalue weighted by molar-refractivity contribution is 0.616. The molecule has 1 saturated heterocycles. The molecule has 1 heterocycles. The number of anilines is 1. The molecule has 0 spiro atoms. The van der Waals surface area contributed by atoms with Crippen molar-refractivity contribution >= 4 is 21.6 Å². The Hall–Kier alpha value is -0.540. The van der Waals surface area contributed by atoms with Crippen LogP contribution < -0.4 is 10.2 Å². The van der Waals surface area contributed by atoms with Crippen LogP contribution in [0.2, 0.25) is 0 Å². The Morgan fingerprint density at radius 1 is 1.33 bits per heavy atom. The van der Waals surface area contributed by atoms with Crippen LogP contribution in [0.5, 0.6) is 0 Å². The highest BCUT2D eigenvalue weighted by molar-refractivity contribution is 9.10. The summed E-state index contributed by atoms with van der Waals surface area (Å²) in [4.78, 5) is 2.56. The van der Waals surface area contributed by atoms with E-state index in [1.807, 2.05) is 7.05 Å². The summed E-state index contributed by atoms with van der Waals surface area (Å²) < 4.78 is 1.21. The second-order valence-corrected chi connectivity index (χ2v) is 6.05. The first kappa shape index (κ1) is 13.9. The molecule has 0 bridgehead atoms. The van der Waals surface area contributed by atoms with Gasteiger partial charge in [-0.2, -0.15) is 0 Å². The van der Waals surface area contributed by atoms with Gasteiger partial charge in [-0.3, -0.25) is 0 Å². The van der Waals surface area contributed by atoms with Crippen molar-refractivity contribution in [1.29, 1.82) is 0 Å². The molecule has 2 nitrogen and oxygen atoms in total. The molecule has 1 aliphatic heterocycles. The van der Waals surface area contributed by atoms with E-state index in [0.29, 0.717) is 6.04 Å². The number of nitrogens with zero attached hydrogens (tertiary/aromatic N) is 1. The SMILES string of the molecule is CNCc1ccc(N2CCCCCC2C)cc1Br. The highest BCUT2D eigenvalue weighted by Crippen LogP contribution is 2.28. The number of rotatable bonds is 3. The molecule has 1 unspecified atom stereocenters. The fraction of sp³-hybridized carbons (Fsp3) is 0.600. The molecule has 1 aromatic carbocycles. The lowest BCUT2D eigenvalue weighted by Crippen LogP contribution is -2.32. The fourth-order valence-corrected chi connectivity index (χ4v) is 3.21. The molecule has 1 atom stereocenters. The third-order valence-corrected chi connectivity index (χ3v) is 4.53. The van der Waals surface area contributed by atoms with E-state index in [2.05, 4.69) is 51.3 Å². The lowest BCUT2D eigenvalue weighted by atomic mass is 10.1. The van der Waals surface area contributed by atoms with Gasteiger partial charge in [-0.05, 0) is 44.5 Å². The topological polar surface area (TPSA) is 15.3 Å². The van der Waals surface area contributed by atoms with E-state index in [9.17, 15) is 0 Å². The van der Waals surface area contributed by atoms with E-state index in [4.69, 9.17) is 0 Å². The van der Waals surface area contributed by atoms with Gasteiger partial charge in [-0.15, -0.1) is 0 Å². The highest BCUT2D eigenvalue weighted by Gasteiger charge is 2.17. The third kappa shape index (κ3) is 3.27. The maximum Gasteiger partial charge on any atom is 0.0380 e. The van der Waals surface area contributed by atoms with Crippen LogP contribution >= 0.6 is 15.9 Å². The minimum atomic E-state index is 0.662. The highest BCUT2D eigenvalue weighted by atomic mass is 79.9. The molecule has 0 aromatic heterocycles. The van der Waals surface area contributed by atoms with Crippen molar-refractivity contribution in [2.45, 2.75) is 45.2 Å². The average molecular weight is 311 g/mol. The molecule has 0 saturated carbocycles. The van der Waals surface area contributed by atoms with Crippen molar-refractivity contribution in [3.63, 3.8) is 0 Å². The molecule has 3 heteroatoms. The van der Waals surface area contributed by atoms with E-state index in [0.717, 1.165) is 6.54 Å². The molecule has 100 valence electrons. The third-order valence-electron chi connectivity index (χ3n) is 3.79. The maximum absolute atomic E-state index is 3.69. The molecule has 1 aromatic rings. The predicted molar refractivity (Wildman–Crippen MR) is 82.2 cm³/mol. The summed E-state index contributed by atoms with van der Waals surface area (Å²) in [5.41, 5.74) is 2.68. The van der Waals surface area contributed by atoms with Crippen LogP contribution in [0, 0.1) is 0 Å². The summed E-state index contributed by atoms with van der Waals surface area (Å²) in [7, 11) is 1.98. The largest absolute Gasteiger partial charge is 0.369 e. The molecule has 0 aliphatic carbocycles. The van der Waals surface area contributed by atoms with Crippen molar-refractivity contribution < 1.29 is 0 Å². The normalized spacial score (nSPS) is 20.8. The van der Waals surface area contributed by atoms with Gasteiger partial charge in [-0.1, -0.05) is 34.8 Å². The quantitative estimate of drug-likeness (QED) is 0.909. The van der Waals surface area contributed by atoms with Crippen molar-refractivity contribution in [1.82, 2.24) is 5.32 Å². The van der Waals surface area contributed by atoms with Crippen molar-refractivity contribution in [2.75, 3.05) is 18.5 Å². The Morgan fingerprint density at radius 2 is 2.17 bits per heavy atom. The molecule has 1 N–H and O–H groups in total. The predicted octanol–water partition coefficient (Wildman–Crippen LogP) is 3.94. The van der Waals surface area contributed by atoms with Gasteiger partial charge in [0, 0.05) is 29.3 Å². The summed E-state index contributed by atoms with van der Waals surface area (Å²) in [5, 5.41) is 3.20. The number of hydrogen-bond donors (Lipinski definition) is 1. The monoisotopic (exact) mass is 310 g/mol. The number of halogens is 1. The van der Waals surface area contributed by atoms with Crippen LogP contribution in [-0.2, 0) is 6.54 Å². The van der Waals surface area contributed by atoms with Gasteiger partial charge in [0.1, 0.15) is 0 Å². The maximum atomic E-state index is 3.69. The molecule has 2 rings (SSSR count). The summed E-state index contributed by atoms with van der Waals surface area (Å²) >= 11 is 3.69. The van der Waals surface area contributed by atoms with Crippen molar-refractivity contribution in [3.05, 3.63) is 28.2 Å². The van der Waals surface area contributed by atoms with Crippen LogP contribution in [0.15, 0.2) is 22.7 Å². The van der Waals surface area contributed by atoms with Crippen LogP contribution in [0.25, 0.3) is 0 Å². The van der Waals surface area contributed by atoms with Crippen LogP contribution in [0.1, 0.15) is 38.2 Å². The summed E-state index contributed by atoms with van der Waals surface area (Å²) in [5.74, 6) is 0. The smallest absolute Gasteiger partial charge is 0.0380 e. The summed E-state index contributed by atoms with van der Waals surface area (Å²) in [6.45, 7) is 4.45. The van der Waals surface area contributed by atoms with Gasteiger partial charge in [0.15, 0.2) is 0 Å². The van der Waals surface area contributed by atoms with Crippen LogP contribution in [-0.4, -0.2) is 19.6 Å². The molecule has 0 amide bonds. The second-order valence-electron chi connectivity index (χ2n) is 5.20. The summed E-state index contributed by atoms with van der Waals surface area (Å²) in [6, 6.07) is 7.43. The van der Waals surface area contributed by atoms with Gasteiger partial charge in [0.25, 0.3) is 0 Å². The van der Waals surface area contributed by atoms with E-state index >= 15 is 0 Å². The Balaban J connectivity index is 2.19. The van der Waals surface area contributed by atoms with Crippen LogP contribution in [0.4, 0.5) is 5.69 Å². The first-order valence-electron chi connectivity index (χ1n) is 6.92. The van der Waals surface area contributed by atoms with E-state index in [-0.39, 0.29) is 0 Å². The minimum Gasteiger partial charge on any atom is -0.369 e. The standard InChI is InChI=1S/C15H23BrN2/c1-12-6-4-3-5-9-18(12)14-8-7-13(11-17-2)15(16)10-14/h7-8,10,12,17H,3-6,9,11H2,1-2H3. The summed E-state index contributed by atoms with van der Waals surface area (Å²) in [6.07, 6.45) is 5.38. The first-order valence-corrected chi connectivity index (χ1v) is 7.71. The molecule has 0 radical (unpaired) electrons. The second kappa shape index (κ2) is 6.58. The Morgan fingerprint density at radius 3 is 2.89 bits per heavy atom. The Kier molecular flexibility index (Phi) is 5.07. The van der Waals surface area contributed by atoms with Gasteiger partial charge in [0.2, 0.25) is 0 Å². The van der Waals surface area contributed by atoms with Gasteiger partial charge in [0.05, 0.1) is 0 Å². The van der Waals surface area contributed by atoms with Crippen LogP contribution in [0.3, 0.4) is 0 Å². The molecular weight excluding hydrogens is 288 g/mol. The minimum absolute atomic E-state index is 0.662. The van der Waals surface area contributed by atoms with Gasteiger partial charge >= 0.3 is 0 Å². The Bertz CT molecular complexity index is 392. The average Bonchev–Trinajstić information content (AvgIpc) is 2.57. The molecule has 1 fully saturated rings. The van der Waals surface area contributed by atoms with E-state index < -0.39 is 0 Å². The molecule has 1 aliphatic rings. The zero-order valence-electron chi connectivity index (χ0n) is 11.4. The zero-order chi connectivity index (χ0) is 13.0. The lowest BCUT2D eigenvalue weighted by Gasteiger charge is -2.30. The van der Waals surface area contributed by atoms with E-state index in [1.165, 1.54) is 48.0 Å². The Labute approximate surface area is 119 Å². The zero-order valence-corrected chi connectivity index (χ0v) is 13.0. The molecule has 18 heavy (non-hydrogen) atoms. The van der Waals surface area contributed by atoms with E-state index in [1.54, 1.807) is 0 Å². The molecular formula is C15H23BrN2. The van der Waals surface area contributed by atoms with Gasteiger partial charge in [-0.25, -0.2) is 0 Å². The van der Waals surface area contributed by atoms with Crippen molar-refractivity contribution in [3.8, 4) is 0 Å². The first-order chi connectivity index (χ1) is 8.72. The van der Waals surface area contributed by atoms with Crippen molar-refractivity contribution in [2.24, 2.45) is 0 Å². The fourth-order valence-electron chi connectivity index (χ4n) is 2.71. The number of hydrogen-bond acceptors (Lipinski definition) is 2.